The lowest BCUT2D eigenvalue weighted by atomic mass is 9.86. The molecule has 0 aliphatic carbocycles. The molecule has 0 aromatic heterocycles. The van der Waals surface area contributed by atoms with Gasteiger partial charge in [-0.25, -0.2) is 0 Å². The smallest absolute Gasteiger partial charge is 0.0412 e. The lowest BCUT2D eigenvalue weighted by molar-refractivity contribution is 1.64. The van der Waals surface area contributed by atoms with Gasteiger partial charge in [-0.05, 0) is 68.1 Å². The van der Waals surface area contributed by atoms with Gasteiger partial charge in [0.05, 0.1) is 0 Å². The van der Waals surface area contributed by atoms with Crippen LogP contribution in [0.2, 0.25) is 5.02 Å². The Morgan fingerprint density at radius 2 is 1.00 bits per heavy atom. The molecule has 2 heteroatoms. The summed E-state index contributed by atoms with van der Waals surface area (Å²) in [6, 6.07) is 33.9. The predicted octanol–water partition coefficient (Wildman–Crippen LogP) is 8.74. The van der Waals surface area contributed by atoms with E-state index in [0.29, 0.717) is 0 Å². The van der Waals surface area contributed by atoms with Gasteiger partial charge < -0.3 is 0 Å². The molecule has 0 N–H and O–H groups in total. The van der Waals surface area contributed by atoms with Crippen molar-refractivity contribution in [2.24, 2.45) is 0 Å². The SMILES string of the molecule is Clc1ccc2c(-c3ccccc3)c3cc(Br)ccc3c(-c3ccccc3)c2c1. The maximum absolute atomic E-state index is 6.45. The minimum atomic E-state index is 0.750. The molecular formula is C26H16BrCl. The molecule has 0 unspecified atom stereocenters. The maximum Gasteiger partial charge on any atom is 0.0412 e. The Bertz CT molecular complexity index is 1200. The normalized spacial score (nSPS) is 11.2. The van der Waals surface area contributed by atoms with E-state index in [1.165, 1.54) is 43.8 Å². The molecule has 0 spiro atoms. The summed E-state index contributed by atoms with van der Waals surface area (Å²) in [6.07, 6.45) is 0. The molecule has 0 amide bonds. The summed E-state index contributed by atoms with van der Waals surface area (Å²) in [7, 11) is 0. The van der Waals surface area contributed by atoms with Crippen LogP contribution in [-0.4, -0.2) is 0 Å². The van der Waals surface area contributed by atoms with Crippen molar-refractivity contribution in [3.63, 3.8) is 0 Å². The molecule has 0 atom stereocenters. The van der Waals surface area contributed by atoms with E-state index in [4.69, 9.17) is 11.6 Å². The lowest BCUT2D eigenvalue weighted by Gasteiger charge is -2.18. The summed E-state index contributed by atoms with van der Waals surface area (Å²) in [5, 5.41) is 5.59. The Kier molecular flexibility index (Phi) is 4.43. The zero-order valence-electron chi connectivity index (χ0n) is 15.0. The summed E-state index contributed by atoms with van der Waals surface area (Å²) in [5.41, 5.74) is 4.86. The molecule has 0 aliphatic heterocycles. The Hall–Kier alpha value is -2.61. The maximum atomic E-state index is 6.45. The van der Waals surface area contributed by atoms with E-state index in [1.807, 2.05) is 6.07 Å². The first-order chi connectivity index (χ1) is 13.7. The number of hydrogen-bond acceptors (Lipinski definition) is 0. The molecule has 0 fully saturated rings. The van der Waals surface area contributed by atoms with Crippen LogP contribution in [0.25, 0.3) is 43.8 Å². The highest BCUT2D eigenvalue weighted by Gasteiger charge is 2.17. The molecular weight excluding hydrogens is 428 g/mol. The summed E-state index contributed by atoms with van der Waals surface area (Å²) in [4.78, 5) is 0. The third-order valence-electron chi connectivity index (χ3n) is 5.17. The zero-order valence-corrected chi connectivity index (χ0v) is 17.3. The van der Waals surface area contributed by atoms with Crippen molar-refractivity contribution in [3.8, 4) is 22.3 Å². The average Bonchev–Trinajstić information content (AvgIpc) is 2.73. The third-order valence-corrected chi connectivity index (χ3v) is 5.89. The first-order valence-electron chi connectivity index (χ1n) is 9.18. The second-order valence-electron chi connectivity index (χ2n) is 6.86. The predicted molar refractivity (Wildman–Crippen MR) is 125 cm³/mol. The molecule has 0 aliphatic rings. The summed E-state index contributed by atoms with van der Waals surface area (Å²) < 4.78 is 1.07. The fourth-order valence-electron chi connectivity index (χ4n) is 4.00. The quantitative estimate of drug-likeness (QED) is 0.239. The molecule has 134 valence electrons. The monoisotopic (exact) mass is 442 g/mol. The van der Waals surface area contributed by atoms with Gasteiger partial charge in [-0.2, -0.15) is 0 Å². The molecule has 0 heterocycles. The van der Waals surface area contributed by atoms with Gasteiger partial charge in [0.1, 0.15) is 0 Å². The van der Waals surface area contributed by atoms with Crippen molar-refractivity contribution in [3.05, 3.63) is 107 Å². The lowest BCUT2D eigenvalue weighted by Crippen LogP contribution is -1.91. The van der Waals surface area contributed by atoms with E-state index in [1.54, 1.807) is 0 Å². The van der Waals surface area contributed by atoms with Crippen molar-refractivity contribution < 1.29 is 0 Å². The Morgan fingerprint density at radius 1 is 0.500 bits per heavy atom. The van der Waals surface area contributed by atoms with Gasteiger partial charge in [0.25, 0.3) is 0 Å². The third kappa shape index (κ3) is 2.92. The van der Waals surface area contributed by atoms with Gasteiger partial charge >= 0.3 is 0 Å². The number of hydrogen-bond donors (Lipinski definition) is 0. The topological polar surface area (TPSA) is 0 Å². The van der Waals surface area contributed by atoms with Crippen molar-refractivity contribution in [2.75, 3.05) is 0 Å². The van der Waals surface area contributed by atoms with E-state index in [0.717, 1.165) is 9.50 Å². The van der Waals surface area contributed by atoms with Crippen LogP contribution in [0, 0.1) is 0 Å². The van der Waals surface area contributed by atoms with Gasteiger partial charge in [0.2, 0.25) is 0 Å². The molecule has 28 heavy (non-hydrogen) atoms. The largest absolute Gasteiger partial charge is 0.0843 e. The second-order valence-corrected chi connectivity index (χ2v) is 8.21. The van der Waals surface area contributed by atoms with Crippen molar-refractivity contribution >= 4 is 49.1 Å². The highest BCUT2D eigenvalue weighted by molar-refractivity contribution is 9.10. The van der Waals surface area contributed by atoms with Gasteiger partial charge in [-0.3, -0.25) is 0 Å². The number of fused-ring (bicyclic) bond motifs is 2. The molecule has 5 rings (SSSR count). The molecule has 0 bridgehead atoms. The fraction of sp³-hybridized carbons (Fsp3) is 0. The van der Waals surface area contributed by atoms with Crippen LogP contribution < -0.4 is 0 Å². The molecule has 0 radical (unpaired) electrons. The van der Waals surface area contributed by atoms with Gasteiger partial charge in [-0.1, -0.05) is 100 Å². The van der Waals surface area contributed by atoms with Gasteiger partial charge in [-0.15, -0.1) is 0 Å². The minimum Gasteiger partial charge on any atom is -0.0843 e. The van der Waals surface area contributed by atoms with Gasteiger partial charge in [0, 0.05) is 9.50 Å². The number of halogens is 2. The molecule has 0 nitrogen and oxygen atoms in total. The highest BCUT2D eigenvalue weighted by atomic mass is 79.9. The zero-order chi connectivity index (χ0) is 19.1. The average molecular weight is 444 g/mol. The first-order valence-corrected chi connectivity index (χ1v) is 10.3. The van der Waals surface area contributed by atoms with E-state index in [9.17, 15) is 0 Å². The van der Waals surface area contributed by atoms with Crippen LogP contribution in [0.15, 0.2) is 102 Å². The van der Waals surface area contributed by atoms with E-state index >= 15 is 0 Å². The van der Waals surface area contributed by atoms with E-state index < -0.39 is 0 Å². The molecule has 0 saturated carbocycles. The minimum absolute atomic E-state index is 0.750. The van der Waals surface area contributed by atoms with Crippen molar-refractivity contribution in [1.29, 1.82) is 0 Å². The highest BCUT2D eigenvalue weighted by Crippen LogP contribution is 2.44. The summed E-state index contributed by atoms with van der Waals surface area (Å²) in [6.45, 7) is 0. The molecule has 0 saturated heterocycles. The molecule has 5 aromatic rings. The van der Waals surface area contributed by atoms with Crippen LogP contribution in [-0.2, 0) is 0 Å². The van der Waals surface area contributed by atoms with E-state index in [-0.39, 0.29) is 0 Å². The second kappa shape index (κ2) is 7.09. The van der Waals surface area contributed by atoms with Crippen molar-refractivity contribution in [2.45, 2.75) is 0 Å². The van der Waals surface area contributed by atoms with Crippen LogP contribution in [0.5, 0.6) is 0 Å². The Morgan fingerprint density at radius 3 is 1.57 bits per heavy atom. The van der Waals surface area contributed by atoms with Crippen LogP contribution in [0.1, 0.15) is 0 Å². The van der Waals surface area contributed by atoms with Crippen LogP contribution >= 0.6 is 27.5 Å². The van der Waals surface area contributed by atoms with Crippen LogP contribution in [0.3, 0.4) is 0 Å². The van der Waals surface area contributed by atoms with E-state index in [2.05, 4.69) is 107 Å². The fourth-order valence-corrected chi connectivity index (χ4v) is 4.54. The summed E-state index contributed by atoms with van der Waals surface area (Å²) in [5.74, 6) is 0. The Balaban J connectivity index is 2.05. The number of benzene rings is 5. The molecule has 5 aromatic carbocycles. The van der Waals surface area contributed by atoms with Crippen LogP contribution in [0.4, 0.5) is 0 Å². The Labute approximate surface area is 177 Å². The summed E-state index contributed by atoms with van der Waals surface area (Å²) >= 11 is 10.1. The first kappa shape index (κ1) is 17.5. The van der Waals surface area contributed by atoms with Crippen molar-refractivity contribution in [1.82, 2.24) is 0 Å². The number of rotatable bonds is 2. The standard InChI is InChI=1S/C26H16BrCl/c27-19-11-13-21-23(15-19)25(17-7-3-1-4-8-17)22-14-12-20(28)16-24(22)26(21)18-9-5-2-6-10-18/h1-16H. The van der Waals surface area contributed by atoms with Gasteiger partial charge in [0.15, 0.2) is 0 Å².